The number of amides is 1. The topological polar surface area (TPSA) is 73.6 Å². The van der Waals surface area contributed by atoms with Crippen LogP contribution in [0, 0.1) is 5.92 Å². The number of anilines is 2. The molecule has 0 aliphatic carbocycles. The second-order valence-corrected chi connectivity index (χ2v) is 4.23. The lowest BCUT2D eigenvalue weighted by atomic mass is 10.2. The lowest BCUT2D eigenvalue weighted by Gasteiger charge is -2.20. The molecule has 1 aliphatic heterocycles. The van der Waals surface area contributed by atoms with Gasteiger partial charge in [-0.2, -0.15) is 0 Å². The van der Waals surface area contributed by atoms with Crippen LogP contribution < -0.4 is 20.5 Å². The molecule has 1 amide bonds. The van der Waals surface area contributed by atoms with E-state index < -0.39 is 0 Å². The minimum absolute atomic E-state index is 0.0756. The summed E-state index contributed by atoms with van der Waals surface area (Å²) in [7, 11) is 0. The predicted octanol–water partition coefficient (Wildman–Crippen LogP) is 1.63. The van der Waals surface area contributed by atoms with Gasteiger partial charge in [-0.05, 0) is 0 Å². The first-order valence-electron chi connectivity index (χ1n) is 5.58. The van der Waals surface area contributed by atoms with Gasteiger partial charge in [-0.15, -0.1) is 0 Å². The molecule has 0 saturated carbocycles. The maximum atomic E-state index is 11.6. The molecule has 1 aliphatic rings. The van der Waals surface area contributed by atoms with Gasteiger partial charge in [0.25, 0.3) is 0 Å². The summed E-state index contributed by atoms with van der Waals surface area (Å²) in [6.45, 7) is 4.67. The molecule has 0 fully saturated rings. The summed E-state index contributed by atoms with van der Waals surface area (Å²) in [5.41, 5.74) is 6.88. The van der Waals surface area contributed by atoms with Gasteiger partial charge in [0.15, 0.2) is 11.5 Å². The number of fused-ring (bicyclic) bond motifs is 1. The Hall–Kier alpha value is -1.91. The molecule has 0 spiro atoms. The molecule has 92 valence electrons. The largest absolute Gasteiger partial charge is 0.486 e. The molecule has 0 unspecified atom stereocenters. The fourth-order valence-corrected chi connectivity index (χ4v) is 1.49. The zero-order valence-electron chi connectivity index (χ0n) is 9.95. The third-order valence-corrected chi connectivity index (χ3v) is 2.50. The second-order valence-electron chi connectivity index (χ2n) is 4.23. The van der Waals surface area contributed by atoms with E-state index in [4.69, 9.17) is 15.2 Å². The number of nitrogen functional groups attached to an aromatic ring is 1. The summed E-state index contributed by atoms with van der Waals surface area (Å²) in [6.07, 6.45) is 0. The molecule has 0 atom stereocenters. The summed E-state index contributed by atoms with van der Waals surface area (Å²) in [4.78, 5) is 11.6. The maximum Gasteiger partial charge on any atom is 0.226 e. The van der Waals surface area contributed by atoms with Crippen molar-refractivity contribution in [3.05, 3.63) is 12.1 Å². The molecule has 1 heterocycles. The molecule has 2 rings (SSSR count). The quantitative estimate of drug-likeness (QED) is 0.765. The maximum absolute atomic E-state index is 11.6. The number of nitrogens with two attached hydrogens (primary N) is 1. The van der Waals surface area contributed by atoms with Crippen molar-refractivity contribution >= 4 is 17.3 Å². The van der Waals surface area contributed by atoms with Crippen molar-refractivity contribution in [3.63, 3.8) is 0 Å². The van der Waals surface area contributed by atoms with Crippen LogP contribution in [0.2, 0.25) is 0 Å². The van der Waals surface area contributed by atoms with Gasteiger partial charge in [-0.1, -0.05) is 13.8 Å². The first kappa shape index (κ1) is 11.6. The lowest BCUT2D eigenvalue weighted by Crippen LogP contribution is -2.20. The van der Waals surface area contributed by atoms with Gasteiger partial charge in [0.05, 0.1) is 11.4 Å². The average molecular weight is 236 g/mol. The minimum atomic E-state index is -0.0948. The van der Waals surface area contributed by atoms with Crippen LogP contribution in [0.1, 0.15) is 13.8 Å². The van der Waals surface area contributed by atoms with Crippen molar-refractivity contribution in [2.75, 3.05) is 24.3 Å². The number of benzene rings is 1. The van der Waals surface area contributed by atoms with Crippen molar-refractivity contribution in [2.45, 2.75) is 13.8 Å². The van der Waals surface area contributed by atoms with Crippen molar-refractivity contribution in [1.82, 2.24) is 0 Å². The first-order valence-corrected chi connectivity index (χ1v) is 5.58. The summed E-state index contributed by atoms with van der Waals surface area (Å²) in [5, 5.41) is 2.76. The standard InChI is InChI=1S/C12H16N2O3/c1-7(2)12(15)14-9-6-11-10(5-8(9)13)16-3-4-17-11/h5-7H,3-4,13H2,1-2H3,(H,14,15). The monoisotopic (exact) mass is 236 g/mol. The zero-order valence-corrected chi connectivity index (χ0v) is 9.95. The highest BCUT2D eigenvalue weighted by Gasteiger charge is 2.16. The minimum Gasteiger partial charge on any atom is -0.486 e. The Kier molecular flexibility index (Phi) is 3.08. The molecule has 17 heavy (non-hydrogen) atoms. The summed E-state index contributed by atoms with van der Waals surface area (Å²) in [6, 6.07) is 3.37. The number of carbonyl (C=O) groups excluding carboxylic acids is 1. The molecule has 5 heteroatoms. The Morgan fingerprint density at radius 2 is 1.88 bits per heavy atom. The molecular weight excluding hydrogens is 220 g/mol. The number of hydrogen-bond acceptors (Lipinski definition) is 4. The van der Waals surface area contributed by atoms with Gasteiger partial charge >= 0.3 is 0 Å². The molecule has 1 aromatic carbocycles. The Bertz CT molecular complexity index is 444. The zero-order chi connectivity index (χ0) is 12.4. The number of ether oxygens (including phenoxy) is 2. The highest BCUT2D eigenvalue weighted by Crippen LogP contribution is 2.36. The SMILES string of the molecule is CC(C)C(=O)Nc1cc2c(cc1N)OCCO2. The van der Waals surface area contributed by atoms with Crippen molar-refractivity contribution in [1.29, 1.82) is 0 Å². The van der Waals surface area contributed by atoms with Crippen LogP contribution in [0.15, 0.2) is 12.1 Å². The van der Waals surface area contributed by atoms with E-state index in [-0.39, 0.29) is 11.8 Å². The number of carbonyl (C=O) groups is 1. The van der Waals surface area contributed by atoms with Gasteiger partial charge in [0.2, 0.25) is 5.91 Å². The van der Waals surface area contributed by atoms with E-state index in [9.17, 15) is 4.79 Å². The van der Waals surface area contributed by atoms with E-state index in [0.29, 0.717) is 36.1 Å². The fourth-order valence-electron chi connectivity index (χ4n) is 1.49. The second kappa shape index (κ2) is 4.53. The fraction of sp³-hybridized carbons (Fsp3) is 0.417. The van der Waals surface area contributed by atoms with E-state index in [0.717, 1.165) is 0 Å². The molecule has 0 radical (unpaired) electrons. The summed E-state index contributed by atoms with van der Waals surface area (Å²) >= 11 is 0. The molecule has 1 aromatic rings. The van der Waals surface area contributed by atoms with Crippen LogP contribution in [0.5, 0.6) is 11.5 Å². The summed E-state index contributed by atoms with van der Waals surface area (Å²) in [5.74, 6) is 1.07. The van der Waals surface area contributed by atoms with Crippen LogP contribution in [0.25, 0.3) is 0 Å². The van der Waals surface area contributed by atoms with Crippen LogP contribution in [0.3, 0.4) is 0 Å². The average Bonchev–Trinajstić information content (AvgIpc) is 2.29. The molecule has 0 aromatic heterocycles. The first-order chi connectivity index (χ1) is 8.08. The highest BCUT2D eigenvalue weighted by atomic mass is 16.6. The smallest absolute Gasteiger partial charge is 0.226 e. The Labute approximate surface area is 99.9 Å². The van der Waals surface area contributed by atoms with E-state index in [1.54, 1.807) is 12.1 Å². The van der Waals surface area contributed by atoms with Crippen molar-refractivity contribution < 1.29 is 14.3 Å². The van der Waals surface area contributed by atoms with E-state index >= 15 is 0 Å². The third-order valence-electron chi connectivity index (χ3n) is 2.50. The molecule has 0 bridgehead atoms. The molecule has 5 nitrogen and oxygen atoms in total. The van der Waals surface area contributed by atoms with E-state index in [2.05, 4.69) is 5.32 Å². The number of hydrogen-bond donors (Lipinski definition) is 2. The van der Waals surface area contributed by atoms with Crippen LogP contribution in [-0.2, 0) is 4.79 Å². The molecule has 3 N–H and O–H groups in total. The van der Waals surface area contributed by atoms with E-state index in [1.165, 1.54) is 0 Å². The van der Waals surface area contributed by atoms with Gasteiger partial charge in [-0.3, -0.25) is 4.79 Å². The Balaban J connectivity index is 2.26. The van der Waals surface area contributed by atoms with Gasteiger partial charge in [-0.25, -0.2) is 0 Å². The highest BCUT2D eigenvalue weighted by molar-refractivity contribution is 5.95. The molecular formula is C12H16N2O3. The van der Waals surface area contributed by atoms with Crippen LogP contribution >= 0.6 is 0 Å². The van der Waals surface area contributed by atoms with Crippen LogP contribution in [0.4, 0.5) is 11.4 Å². The Morgan fingerprint density at radius 3 is 2.47 bits per heavy atom. The van der Waals surface area contributed by atoms with Gasteiger partial charge < -0.3 is 20.5 Å². The summed E-state index contributed by atoms with van der Waals surface area (Å²) < 4.78 is 10.8. The van der Waals surface area contributed by atoms with Gasteiger partial charge in [0, 0.05) is 18.1 Å². The van der Waals surface area contributed by atoms with Gasteiger partial charge in [0.1, 0.15) is 13.2 Å². The Morgan fingerprint density at radius 1 is 1.29 bits per heavy atom. The number of nitrogens with one attached hydrogen (secondary N) is 1. The molecule has 0 saturated heterocycles. The van der Waals surface area contributed by atoms with Crippen molar-refractivity contribution in [3.8, 4) is 11.5 Å². The third kappa shape index (κ3) is 2.43. The van der Waals surface area contributed by atoms with Crippen molar-refractivity contribution in [2.24, 2.45) is 5.92 Å². The lowest BCUT2D eigenvalue weighted by molar-refractivity contribution is -0.118. The van der Waals surface area contributed by atoms with E-state index in [1.807, 2.05) is 13.8 Å². The number of rotatable bonds is 2. The normalized spacial score (nSPS) is 13.6. The van der Waals surface area contributed by atoms with Crippen LogP contribution in [-0.4, -0.2) is 19.1 Å². The predicted molar refractivity (Wildman–Crippen MR) is 65.3 cm³/mol.